The molecule has 13 heteroatoms. The third-order valence-corrected chi connectivity index (χ3v) is 6.04. The second kappa shape index (κ2) is 9.97. The molecule has 35 heavy (non-hydrogen) atoms. The summed E-state index contributed by atoms with van der Waals surface area (Å²) in [4.78, 5) is 41.0. The summed E-state index contributed by atoms with van der Waals surface area (Å²) < 4.78 is 45.4. The highest BCUT2D eigenvalue weighted by Gasteiger charge is 2.59. The van der Waals surface area contributed by atoms with Crippen molar-refractivity contribution >= 4 is 23.6 Å². The molecule has 0 amide bonds. The number of esters is 3. The van der Waals surface area contributed by atoms with Crippen LogP contribution in [0.3, 0.4) is 0 Å². The van der Waals surface area contributed by atoms with Gasteiger partial charge in [0.25, 0.3) is 0 Å². The number of rotatable bonds is 6. The lowest BCUT2D eigenvalue weighted by Gasteiger charge is -2.40. The monoisotopic (exact) mass is 501 g/mol. The molecule has 3 saturated heterocycles. The van der Waals surface area contributed by atoms with Gasteiger partial charge in [0.1, 0.15) is 24.4 Å². The molecule has 13 nitrogen and oxygen atoms in total. The van der Waals surface area contributed by atoms with Crippen molar-refractivity contribution in [2.24, 2.45) is 5.16 Å². The molecule has 0 radical (unpaired) electrons. The van der Waals surface area contributed by atoms with Crippen molar-refractivity contribution in [3.63, 3.8) is 0 Å². The van der Waals surface area contributed by atoms with Crippen LogP contribution in [0.5, 0.6) is 0 Å². The zero-order valence-electron chi connectivity index (χ0n) is 20.5. The van der Waals surface area contributed by atoms with Crippen LogP contribution in [-0.4, -0.2) is 98.2 Å². The Labute approximate surface area is 202 Å². The summed E-state index contributed by atoms with van der Waals surface area (Å²) in [7, 11) is 1.52. The summed E-state index contributed by atoms with van der Waals surface area (Å²) in [6, 6.07) is 0. The van der Waals surface area contributed by atoms with Gasteiger partial charge in [-0.25, -0.2) is 0 Å². The summed E-state index contributed by atoms with van der Waals surface area (Å²) in [6.07, 6.45) is -6.49. The van der Waals surface area contributed by atoms with Gasteiger partial charge in [0.05, 0.1) is 12.3 Å². The summed E-state index contributed by atoms with van der Waals surface area (Å²) in [5.74, 6) is -2.68. The van der Waals surface area contributed by atoms with E-state index in [0.717, 1.165) is 0 Å². The van der Waals surface area contributed by atoms with E-state index < -0.39 is 78.8 Å². The van der Waals surface area contributed by atoms with Crippen LogP contribution in [0.2, 0.25) is 0 Å². The van der Waals surface area contributed by atoms with Gasteiger partial charge in [0, 0.05) is 34.3 Å². The molecule has 0 bridgehead atoms. The van der Waals surface area contributed by atoms with Gasteiger partial charge < -0.3 is 42.7 Å². The smallest absolute Gasteiger partial charge is 0.303 e. The minimum absolute atomic E-state index is 0.106. The van der Waals surface area contributed by atoms with Crippen LogP contribution in [0.15, 0.2) is 5.16 Å². The molecule has 4 heterocycles. The second-order valence-electron chi connectivity index (χ2n) is 9.25. The number of hydrogen-bond acceptors (Lipinski definition) is 13. The van der Waals surface area contributed by atoms with Crippen LogP contribution < -0.4 is 0 Å². The van der Waals surface area contributed by atoms with Crippen molar-refractivity contribution in [1.29, 1.82) is 0 Å². The summed E-state index contributed by atoms with van der Waals surface area (Å²) in [6.45, 7) is 7.14. The predicted octanol–water partition coefficient (Wildman–Crippen LogP) is 0.217. The highest BCUT2D eigenvalue weighted by molar-refractivity contribution is 5.91. The van der Waals surface area contributed by atoms with E-state index in [1.54, 1.807) is 13.8 Å². The Bertz CT molecular complexity index is 874. The number of carbonyl (C=O) groups excluding carboxylic acids is 3. The van der Waals surface area contributed by atoms with E-state index in [1.165, 1.54) is 27.9 Å². The first-order valence-corrected chi connectivity index (χ1v) is 11.4. The van der Waals surface area contributed by atoms with Crippen molar-refractivity contribution in [2.45, 2.75) is 102 Å². The Morgan fingerprint density at radius 1 is 0.914 bits per heavy atom. The maximum Gasteiger partial charge on any atom is 0.303 e. The van der Waals surface area contributed by atoms with Gasteiger partial charge >= 0.3 is 17.9 Å². The zero-order valence-corrected chi connectivity index (χ0v) is 20.5. The lowest BCUT2D eigenvalue weighted by molar-refractivity contribution is -0.238. The van der Waals surface area contributed by atoms with E-state index in [-0.39, 0.29) is 13.0 Å². The third kappa shape index (κ3) is 5.43. The highest BCUT2D eigenvalue weighted by atomic mass is 16.8. The second-order valence-corrected chi connectivity index (χ2v) is 9.25. The molecule has 3 fully saturated rings. The molecule has 0 saturated carbocycles. The fraction of sp³-hybridized carbons (Fsp3) is 0.818. The van der Waals surface area contributed by atoms with Crippen molar-refractivity contribution in [3.05, 3.63) is 0 Å². The molecular weight excluding hydrogens is 470 g/mol. The average Bonchev–Trinajstić information content (AvgIpc) is 3.42. The van der Waals surface area contributed by atoms with Crippen molar-refractivity contribution in [3.8, 4) is 0 Å². The average molecular weight is 501 g/mol. The lowest BCUT2D eigenvalue weighted by Crippen LogP contribution is -2.59. The molecule has 196 valence electrons. The maximum absolute atomic E-state index is 11.9. The fourth-order valence-electron chi connectivity index (χ4n) is 4.87. The van der Waals surface area contributed by atoms with E-state index >= 15 is 0 Å². The third-order valence-electron chi connectivity index (χ3n) is 6.04. The van der Waals surface area contributed by atoms with E-state index in [4.69, 9.17) is 42.7 Å². The standard InChI is InChI=1S/C22H31NO12/c1-9(24)29-14-8-28-15(18(31-11(3)26)17(14)30-10(2)25)12-7-13(35-23-12)16-19-20(21(27-6)32-16)34-22(4,5)33-19/h13-21H,7-8H2,1-6H3/t13-,14-,15+,16-,17+,18+,19+,20+,21+/m1/s1. The Hall–Kier alpha value is -2.32. The van der Waals surface area contributed by atoms with Crippen LogP contribution in [0.4, 0.5) is 0 Å². The first-order chi connectivity index (χ1) is 16.5. The number of ether oxygens (including phenoxy) is 8. The Kier molecular flexibility index (Phi) is 7.34. The molecule has 0 aromatic heterocycles. The largest absolute Gasteiger partial charge is 0.456 e. The Morgan fingerprint density at radius 3 is 2.17 bits per heavy atom. The maximum atomic E-state index is 11.9. The van der Waals surface area contributed by atoms with Gasteiger partial charge in [-0.15, -0.1) is 0 Å². The number of carbonyl (C=O) groups is 3. The molecule has 0 unspecified atom stereocenters. The van der Waals surface area contributed by atoms with E-state index in [2.05, 4.69) is 5.16 Å². The number of methoxy groups -OCH3 is 1. The van der Waals surface area contributed by atoms with Crippen LogP contribution in [-0.2, 0) is 57.1 Å². The van der Waals surface area contributed by atoms with Crippen LogP contribution in [0, 0.1) is 0 Å². The van der Waals surface area contributed by atoms with E-state index in [1.807, 2.05) is 0 Å². The number of oxime groups is 1. The van der Waals surface area contributed by atoms with Crippen LogP contribution >= 0.6 is 0 Å². The van der Waals surface area contributed by atoms with Gasteiger partial charge in [-0.05, 0) is 13.8 Å². The molecule has 0 spiro atoms. The molecular formula is C22H31NO12. The molecule has 9 atom stereocenters. The van der Waals surface area contributed by atoms with E-state index in [9.17, 15) is 14.4 Å². The minimum Gasteiger partial charge on any atom is -0.456 e. The molecule has 0 N–H and O–H groups in total. The first-order valence-electron chi connectivity index (χ1n) is 11.4. The normalized spacial score (nSPS) is 39.8. The predicted molar refractivity (Wildman–Crippen MR) is 113 cm³/mol. The molecule has 0 aromatic carbocycles. The lowest BCUT2D eigenvalue weighted by atomic mass is 9.92. The summed E-state index contributed by atoms with van der Waals surface area (Å²) >= 11 is 0. The highest BCUT2D eigenvalue weighted by Crippen LogP contribution is 2.42. The van der Waals surface area contributed by atoms with Gasteiger partial charge in [-0.1, -0.05) is 5.16 Å². The van der Waals surface area contributed by atoms with Gasteiger partial charge in [0.2, 0.25) is 0 Å². The number of fused-ring (bicyclic) bond motifs is 1. The fourth-order valence-corrected chi connectivity index (χ4v) is 4.87. The molecule has 4 aliphatic rings. The quantitative estimate of drug-likeness (QED) is 0.362. The van der Waals surface area contributed by atoms with Crippen molar-refractivity contribution in [2.75, 3.05) is 13.7 Å². The van der Waals surface area contributed by atoms with Crippen LogP contribution in [0.1, 0.15) is 41.0 Å². The van der Waals surface area contributed by atoms with Crippen LogP contribution in [0.25, 0.3) is 0 Å². The van der Waals surface area contributed by atoms with Gasteiger partial charge in [-0.3, -0.25) is 14.4 Å². The van der Waals surface area contributed by atoms with Crippen molar-refractivity contribution < 1.29 is 57.1 Å². The molecule has 0 aromatic rings. The Balaban J connectivity index is 1.51. The SMILES string of the molecule is CO[C@H]1O[C@H]([C@H]2CC([C@@H]3OC[C@@H](OC(C)=O)[C@H](OC(C)=O)[C@H]3OC(C)=O)=NO2)[C@@H]2OC(C)(C)O[C@H]12. The summed E-state index contributed by atoms with van der Waals surface area (Å²) in [5, 5.41) is 4.18. The van der Waals surface area contributed by atoms with E-state index in [0.29, 0.717) is 5.71 Å². The Morgan fingerprint density at radius 2 is 1.54 bits per heavy atom. The molecule has 4 rings (SSSR count). The number of hydrogen-bond donors (Lipinski definition) is 0. The van der Waals surface area contributed by atoms with Gasteiger partial charge in [-0.2, -0.15) is 0 Å². The zero-order chi connectivity index (χ0) is 25.5. The molecule has 0 aliphatic carbocycles. The number of nitrogens with zero attached hydrogens (tertiary/aromatic N) is 1. The first kappa shape index (κ1) is 25.8. The summed E-state index contributed by atoms with van der Waals surface area (Å²) in [5.41, 5.74) is 0.416. The van der Waals surface area contributed by atoms with Crippen molar-refractivity contribution in [1.82, 2.24) is 0 Å². The minimum atomic E-state index is -1.12. The van der Waals surface area contributed by atoms with Gasteiger partial charge in [0.15, 0.2) is 36.5 Å². The topological polar surface area (TPSA) is 147 Å². The molecule has 4 aliphatic heterocycles.